The minimum absolute atomic E-state index is 0.0528. The predicted octanol–water partition coefficient (Wildman–Crippen LogP) is 4.66. The predicted molar refractivity (Wildman–Crippen MR) is 110 cm³/mol. The molecule has 0 radical (unpaired) electrons. The first-order chi connectivity index (χ1) is 13.3. The molecule has 4 nitrogen and oxygen atoms in total. The van der Waals surface area contributed by atoms with E-state index in [9.17, 15) is 4.79 Å². The monoisotopic (exact) mass is 377 g/mol. The zero-order valence-electron chi connectivity index (χ0n) is 15.2. The third-order valence-corrected chi connectivity index (χ3v) is 5.67. The van der Waals surface area contributed by atoms with Crippen molar-refractivity contribution in [3.63, 3.8) is 0 Å². The van der Waals surface area contributed by atoms with E-state index in [4.69, 9.17) is 5.10 Å². The van der Waals surface area contributed by atoms with Gasteiger partial charge in [0.2, 0.25) is 0 Å². The van der Waals surface area contributed by atoms with Crippen molar-refractivity contribution in [1.82, 2.24) is 15.1 Å². The fourth-order valence-electron chi connectivity index (χ4n) is 2.98. The zero-order chi connectivity index (χ0) is 18.5. The number of para-hydroxylation sites is 1. The Labute approximate surface area is 164 Å². The minimum atomic E-state index is -0.0528. The van der Waals surface area contributed by atoms with Crippen LogP contribution in [0.25, 0.3) is 5.69 Å². The molecule has 1 amide bonds. The second kappa shape index (κ2) is 8.44. The Morgan fingerprint density at radius 1 is 1.07 bits per heavy atom. The number of hydrogen-bond donors (Lipinski definition) is 1. The lowest BCUT2D eigenvalue weighted by molar-refractivity contribution is 0.0946. The molecule has 0 atom stereocenters. The Morgan fingerprint density at radius 2 is 1.78 bits per heavy atom. The second-order valence-electron chi connectivity index (χ2n) is 6.75. The summed E-state index contributed by atoms with van der Waals surface area (Å²) in [6, 6.07) is 22.2. The standard InChI is InChI=1S/C22H23N3OS/c26-22(23-14-7-15-27-19-10-5-2-6-11-19)21-16-20(17-12-13-17)24-25(21)18-8-3-1-4-9-18/h1-6,8-11,16-17H,7,12-15H2,(H,23,26). The van der Waals surface area contributed by atoms with Crippen LogP contribution in [0.1, 0.15) is 41.4 Å². The van der Waals surface area contributed by atoms with Crippen LogP contribution in [-0.2, 0) is 0 Å². The summed E-state index contributed by atoms with van der Waals surface area (Å²) in [4.78, 5) is 14.0. The number of carbonyl (C=O) groups excluding carboxylic acids is 1. The van der Waals surface area contributed by atoms with Crippen LogP contribution < -0.4 is 5.32 Å². The van der Waals surface area contributed by atoms with Crippen molar-refractivity contribution in [2.75, 3.05) is 12.3 Å². The van der Waals surface area contributed by atoms with Crippen LogP contribution in [0.3, 0.4) is 0 Å². The SMILES string of the molecule is O=C(NCCCSc1ccccc1)c1cc(C2CC2)nn1-c1ccccc1. The number of amides is 1. The number of nitrogens with zero attached hydrogens (tertiary/aromatic N) is 2. The van der Waals surface area contributed by atoms with Crippen LogP contribution in [0.5, 0.6) is 0 Å². The van der Waals surface area contributed by atoms with Gasteiger partial charge in [-0.2, -0.15) is 5.10 Å². The van der Waals surface area contributed by atoms with Crippen LogP contribution >= 0.6 is 11.8 Å². The fraction of sp³-hybridized carbons (Fsp3) is 0.273. The van der Waals surface area contributed by atoms with Crippen LogP contribution in [0.4, 0.5) is 0 Å². The molecular formula is C22H23N3OS. The van der Waals surface area contributed by atoms with Crippen molar-refractivity contribution in [3.8, 4) is 5.69 Å². The molecule has 4 rings (SSSR count). The molecule has 0 spiro atoms. The number of carbonyl (C=O) groups is 1. The van der Waals surface area contributed by atoms with E-state index >= 15 is 0 Å². The van der Waals surface area contributed by atoms with Gasteiger partial charge >= 0.3 is 0 Å². The van der Waals surface area contributed by atoms with E-state index in [0.29, 0.717) is 18.2 Å². The number of hydrogen-bond acceptors (Lipinski definition) is 3. The molecule has 1 saturated carbocycles. The van der Waals surface area contributed by atoms with Gasteiger partial charge in [0.25, 0.3) is 5.91 Å². The van der Waals surface area contributed by atoms with Crippen molar-refractivity contribution in [2.45, 2.75) is 30.1 Å². The molecule has 0 aliphatic heterocycles. The summed E-state index contributed by atoms with van der Waals surface area (Å²) in [5, 5.41) is 7.75. The number of nitrogens with one attached hydrogen (secondary N) is 1. The van der Waals surface area contributed by atoms with E-state index in [-0.39, 0.29) is 5.91 Å². The number of benzene rings is 2. The maximum atomic E-state index is 12.7. The molecule has 1 aromatic heterocycles. The van der Waals surface area contributed by atoms with Gasteiger partial charge in [0.15, 0.2) is 0 Å². The quantitative estimate of drug-likeness (QED) is 0.459. The molecule has 0 saturated heterocycles. The molecule has 1 heterocycles. The van der Waals surface area contributed by atoms with Crippen molar-refractivity contribution in [3.05, 3.63) is 78.1 Å². The second-order valence-corrected chi connectivity index (χ2v) is 7.92. The zero-order valence-corrected chi connectivity index (χ0v) is 16.0. The first-order valence-electron chi connectivity index (χ1n) is 9.43. The molecular weight excluding hydrogens is 354 g/mol. The van der Waals surface area contributed by atoms with Gasteiger partial charge in [-0.1, -0.05) is 36.4 Å². The first-order valence-corrected chi connectivity index (χ1v) is 10.4. The maximum absolute atomic E-state index is 12.7. The van der Waals surface area contributed by atoms with Crippen LogP contribution in [-0.4, -0.2) is 28.0 Å². The Hall–Kier alpha value is -2.53. The van der Waals surface area contributed by atoms with Gasteiger partial charge in [0, 0.05) is 17.4 Å². The first kappa shape index (κ1) is 17.9. The van der Waals surface area contributed by atoms with Gasteiger partial charge < -0.3 is 5.32 Å². The molecule has 138 valence electrons. The molecule has 1 aliphatic carbocycles. The van der Waals surface area contributed by atoms with Crippen LogP contribution in [0, 0.1) is 0 Å². The fourth-order valence-corrected chi connectivity index (χ4v) is 3.85. The summed E-state index contributed by atoms with van der Waals surface area (Å²) >= 11 is 1.82. The Bertz CT molecular complexity index is 888. The molecule has 0 bridgehead atoms. The van der Waals surface area contributed by atoms with E-state index in [0.717, 1.165) is 23.6 Å². The van der Waals surface area contributed by atoms with Gasteiger partial charge in [-0.05, 0) is 55.3 Å². The molecule has 1 fully saturated rings. The summed E-state index contributed by atoms with van der Waals surface area (Å²) in [7, 11) is 0. The lowest BCUT2D eigenvalue weighted by atomic mass is 10.2. The molecule has 5 heteroatoms. The molecule has 1 N–H and O–H groups in total. The summed E-state index contributed by atoms with van der Waals surface area (Å²) in [5.41, 5.74) is 2.58. The lowest BCUT2D eigenvalue weighted by Crippen LogP contribution is -2.27. The van der Waals surface area contributed by atoms with Gasteiger partial charge in [-0.3, -0.25) is 4.79 Å². The minimum Gasteiger partial charge on any atom is -0.351 e. The smallest absolute Gasteiger partial charge is 0.270 e. The number of aromatic nitrogens is 2. The van der Waals surface area contributed by atoms with E-state index in [1.165, 1.54) is 17.7 Å². The van der Waals surface area contributed by atoms with Gasteiger partial charge in [0.05, 0.1) is 11.4 Å². The summed E-state index contributed by atoms with van der Waals surface area (Å²) in [6.07, 6.45) is 3.27. The highest BCUT2D eigenvalue weighted by molar-refractivity contribution is 7.99. The Kier molecular flexibility index (Phi) is 5.58. The topological polar surface area (TPSA) is 46.9 Å². The van der Waals surface area contributed by atoms with Crippen molar-refractivity contribution >= 4 is 17.7 Å². The summed E-state index contributed by atoms with van der Waals surface area (Å²) in [5.74, 6) is 1.45. The molecule has 2 aromatic carbocycles. The van der Waals surface area contributed by atoms with Crippen LogP contribution in [0.2, 0.25) is 0 Å². The maximum Gasteiger partial charge on any atom is 0.270 e. The Morgan fingerprint density at radius 3 is 2.48 bits per heavy atom. The van der Waals surface area contributed by atoms with E-state index in [1.807, 2.05) is 66.4 Å². The molecule has 27 heavy (non-hydrogen) atoms. The summed E-state index contributed by atoms with van der Waals surface area (Å²) < 4.78 is 1.78. The highest BCUT2D eigenvalue weighted by atomic mass is 32.2. The third-order valence-electron chi connectivity index (χ3n) is 4.58. The third kappa shape index (κ3) is 4.61. The highest BCUT2D eigenvalue weighted by Crippen LogP contribution is 2.39. The highest BCUT2D eigenvalue weighted by Gasteiger charge is 2.28. The summed E-state index contributed by atoms with van der Waals surface area (Å²) in [6.45, 7) is 0.664. The largest absolute Gasteiger partial charge is 0.351 e. The average molecular weight is 378 g/mol. The van der Waals surface area contributed by atoms with Crippen LogP contribution in [0.15, 0.2) is 71.6 Å². The molecule has 0 unspecified atom stereocenters. The average Bonchev–Trinajstić information content (AvgIpc) is 3.47. The molecule has 3 aromatic rings. The van der Waals surface area contributed by atoms with E-state index in [2.05, 4.69) is 17.4 Å². The van der Waals surface area contributed by atoms with E-state index < -0.39 is 0 Å². The lowest BCUT2D eigenvalue weighted by Gasteiger charge is -2.08. The van der Waals surface area contributed by atoms with Crippen molar-refractivity contribution in [2.24, 2.45) is 0 Å². The normalized spacial score (nSPS) is 13.5. The Balaban J connectivity index is 1.36. The molecule has 1 aliphatic rings. The van der Waals surface area contributed by atoms with Gasteiger partial charge in [0.1, 0.15) is 5.69 Å². The van der Waals surface area contributed by atoms with E-state index in [1.54, 1.807) is 4.68 Å². The van der Waals surface area contributed by atoms with Gasteiger partial charge in [-0.25, -0.2) is 4.68 Å². The number of thioether (sulfide) groups is 1. The van der Waals surface area contributed by atoms with Crippen molar-refractivity contribution < 1.29 is 4.79 Å². The van der Waals surface area contributed by atoms with Crippen molar-refractivity contribution in [1.29, 1.82) is 0 Å². The number of rotatable bonds is 8. The van der Waals surface area contributed by atoms with Gasteiger partial charge in [-0.15, -0.1) is 11.8 Å².